The van der Waals surface area contributed by atoms with Crippen molar-refractivity contribution in [3.05, 3.63) is 83.1 Å². The molecule has 40 heavy (non-hydrogen) atoms. The molecule has 2 aromatic rings. The summed E-state index contributed by atoms with van der Waals surface area (Å²) in [7, 11) is 0. The summed E-state index contributed by atoms with van der Waals surface area (Å²) in [4.78, 5) is 39.9. The molecule has 0 saturated carbocycles. The van der Waals surface area contributed by atoms with Crippen LogP contribution in [0.4, 0.5) is 19.0 Å². The summed E-state index contributed by atoms with van der Waals surface area (Å²) in [5.74, 6) is 6.11. The molecular weight excluding hydrogens is 527 g/mol. The Hall–Kier alpha value is -4.20. The normalized spacial score (nSPS) is 27.5. The molecule has 6 rings (SSSR count). The number of hydrogen-bond acceptors (Lipinski definition) is 7. The van der Waals surface area contributed by atoms with Gasteiger partial charge in [0.1, 0.15) is 23.8 Å². The van der Waals surface area contributed by atoms with Crippen LogP contribution in [0.1, 0.15) is 40.7 Å². The molecule has 0 radical (unpaired) electrons. The van der Waals surface area contributed by atoms with E-state index in [0.717, 1.165) is 36.9 Å². The van der Waals surface area contributed by atoms with Gasteiger partial charge in [-0.05, 0) is 49.2 Å². The predicted molar refractivity (Wildman–Crippen MR) is 138 cm³/mol. The van der Waals surface area contributed by atoms with E-state index in [1.807, 2.05) is 0 Å². The van der Waals surface area contributed by atoms with Crippen LogP contribution in [0, 0.1) is 5.92 Å². The first kappa shape index (κ1) is 26.0. The van der Waals surface area contributed by atoms with Crippen LogP contribution in [0.2, 0.25) is 0 Å². The number of aliphatic imine (C=N–C) groups is 2. The van der Waals surface area contributed by atoms with Gasteiger partial charge in [-0.1, -0.05) is 0 Å². The summed E-state index contributed by atoms with van der Waals surface area (Å²) in [6, 6.07) is 8.01. The number of quaternary nitrogens is 1. The van der Waals surface area contributed by atoms with E-state index >= 15 is 0 Å². The second-order valence-corrected chi connectivity index (χ2v) is 10.2. The molecule has 0 aliphatic carbocycles. The molecule has 1 unspecified atom stereocenters. The highest BCUT2D eigenvalue weighted by Gasteiger charge is 2.49. The highest BCUT2D eigenvalue weighted by atomic mass is 19.4. The number of rotatable bonds is 4. The Kier molecular flexibility index (Phi) is 6.16. The number of hydrogen-bond donors (Lipinski definition) is 3. The summed E-state index contributed by atoms with van der Waals surface area (Å²) in [6.07, 6.45) is 2.34. The van der Waals surface area contributed by atoms with E-state index in [-0.39, 0.29) is 33.8 Å². The largest absolute Gasteiger partial charge is 0.416 e. The molecule has 2 saturated heterocycles. The Balaban J connectivity index is 1.24. The topological polar surface area (TPSA) is 133 Å². The fourth-order valence-electron chi connectivity index (χ4n) is 5.66. The summed E-state index contributed by atoms with van der Waals surface area (Å²) in [5, 5.41) is 12.4. The van der Waals surface area contributed by atoms with Gasteiger partial charge < -0.3 is 15.3 Å². The van der Waals surface area contributed by atoms with E-state index in [0.29, 0.717) is 30.1 Å². The summed E-state index contributed by atoms with van der Waals surface area (Å²) in [5.41, 5.74) is 1.31. The lowest BCUT2D eigenvalue weighted by Crippen LogP contribution is -2.53. The lowest BCUT2D eigenvalue weighted by molar-refractivity contribution is -0.750. The van der Waals surface area contributed by atoms with Crippen LogP contribution in [-0.2, 0) is 11.0 Å². The molecular formula is C27H25F3N7O3+. The number of aliphatic hydroxyl groups excluding tert-OH is 1. The first-order chi connectivity index (χ1) is 19.0. The van der Waals surface area contributed by atoms with Gasteiger partial charge in [-0.2, -0.15) is 24.0 Å². The van der Waals surface area contributed by atoms with E-state index < -0.39 is 23.8 Å². The van der Waals surface area contributed by atoms with Crippen LogP contribution in [0.15, 0.2) is 76.4 Å². The van der Waals surface area contributed by atoms with E-state index in [1.165, 1.54) is 12.1 Å². The number of halogens is 3. The predicted octanol–water partition coefficient (Wildman–Crippen LogP) is 2.94. The molecule has 2 amide bonds. The molecule has 2 fully saturated rings. The molecule has 1 aromatic heterocycles. The second kappa shape index (κ2) is 9.47. The molecule has 206 valence electrons. The Morgan fingerprint density at radius 2 is 1.95 bits per heavy atom. The number of nitrogens with one attached hydrogen (secondary N) is 1. The van der Waals surface area contributed by atoms with Crippen molar-refractivity contribution >= 4 is 29.7 Å². The van der Waals surface area contributed by atoms with Gasteiger partial charge in [0.05, 0.1) is 23.5 Å². The van der Waals surface area contributed by atoms with Crippen LogP contribution in [0.3, 0.4) is 0 Å². The van der Waals surface area contributed by atoms with Gasteiger partial charge >= 0.3 is 6.18 Å². The van der Waals surface area contributed by atoms with Crippen LogP contribution >= 0.6 is 0 Å². The lowest BCUT2D eigenvalue weighted by atomic mass is 9.90. The fourth-order valence-corrected chi connectivity index (χ4v) is 5.66. The zero-order chi connectivity index (χ0) is 28.2. The minimum absolute atomic E-state index is 0.0241. The number of alkyl halides is 3. The number of nitrogens with zero attached hydrogens (tertiary/aromatic N) is 5. The van der Waals surface area contributed by atoms with Crippen molar-refractivity contribution in [3.63, 3.8) is 0 Å². The third-order valence-corrected chi connectivity index (χ3v) is 7.71. The third kappa shape index (κ3) is 4.41. The standard InChI is InChI=1S/C27H24F3N7O3/c28-27(29,30)18-7-8-33-22(11-18)34-25(39)16-3-1-15(2-4-16)24-35-23(20-13-32-9-10-37(20,24)31)17-5-6-19-12-21(38)26(40)36(19)14-17/h1-4,7-11,13,17,19,21,38H,5-6,12,14,31H2/p+1/t17-,19-,21+,37?/m1/s1. The average Bonchev–Trinajstić information content (AvgIpc) is 3.40. The Labute approximate surface area is 226 Å². The number of aromatic nitrogens is 1. The molecule has 4 atom stereocenters. The molecule has 0 bridgehead atoms. The number of piperidine rings is 1. The maximum Gasteiger partial charge on any atom is 0.416 e. The van der Waals surface area contributed by atoms with Crippen molar-refractivity contribution in [1.29, 1.82) is 0 Å². The van der Waals surface area contributed by atoms with Gasteiger partial charge in [0.25, 0.3) is 17.6 Å². The van der Waals surface area contributed by atoms with E-state index in [1.54, 1.807) is 35.6 Å². The Morgan fingerprint density at radius 1 is 1.18 bits per heavy atom. The summed E-state index contributed by atoms with van der Waals surface area (Å²) >= 11 is 0. The number of fused-ring (bicyclic) bond motifs is 2. The molecule has 4 N–H and O–H groups in total. The molecule has 10 nitrogen and oxygen atoms in total. The number of allylic oxidation sites excluding steroid dienone is 1. The van der Waals surface area contributed by atoms with Crippen LogP contribution < -0.4 is 11.2 Å². The minimum atomic E-state index is -4.56. The highest BCUT2D eigenvalue weighted by molar-refractivity contribution is 6.05. The molecule has 1 aromatic carbocycles. The van der Waals surface area contributed by atoms with Crippen LogP contribution in [0.5, 0.6) is 0 Å². The molecule has 0 spiro atoms. The highest BCUT2D eigenvalue weighted by Crippen LogP contribution is 2.40. The van der Waals surface area contributed by atoms with Crippen molar-refractivity contribution in [1.82, 2.24) is 9.88 Å². The number of carbonyl (C=O) groups is 2. The van der Waals surface area contributed by atoms with Gasteiger partial charge in [-0.25, -0.2) is 4.98 Å². The first-order valence-corrected chi connectivity index (χ1v) is 12.7. The Bertz CT molecular complexity index is 1520. The average molecular weight is 553 g/mol. The fraction of sp³-hybridized carbons (Fsp3) is 0.296. The molecule has 13 heteroatoms. The third-order valence-electron chi connectivity index (χ3n) is 7.71. The molecule has 5 heterocycles. The smallest absolute Gasteiger partial charge is 0.383 e. The number of aliphatic hydroxyl groups is 1. The summed E-state index contributed by atoms with van der Waals surface area (Å²) in [6.45, 7) is 0.427. The van der Waals surface area contributed by atoms with Crippen molar-refractivity contribution in [2.24, 2.45) is 21.7 Å². The SMILES string of the molecule is N[N+]12C=CN=CC1=C([C@@H]1CC[C@@H]3C[C@H](O)C(=O)N3C1)N=C2c1ccc(C(=O)Nc2cc(C(F)(F)F)ccn2)cc1. The van der Waals surface area contributed by atoms with Gasteiger partial charge in [0.2, 0.25) is 5.70 Å². The van der Waals surface area contributed by atoms with E-state index in [2.05, 4.69) is 15.3 Å². The number of benzene rings is 1. The number of nitrogens with two attached hydrogens (primary N) is 1. The lowest BCUT2D eigenvalue weighted by Gasteiger charge is -2.34. The van der Waals surface area contributed by atoms with E-state index in [9.17, 15) is 27.9 Å². The van der Waals surface area contributed by atoms with Crippen molar-refractivity contribution in [3.8, 4) is 0 Å². The van der Waals surface area contributed by atoms with Crippen molar-refractivity contribution in [2.45, 2.75) is 37.6 Å². The maximum atomic E-state index is 13.0. The number of amides is 2. The van der Waals surface area contributed by atoms with Crippen LogP contribution in [0.25, 0.3) is 0 Å². The Morgan fingerprint density at radius 3 is 2.70 bits per heavy atom. The van der Waals surface area contributed by atoms with Gasteiger partial charge in [0, 0.05) is 36.7 Å². The maximum absolute atomic E-state index is 13.0. The quantitative estimate of drug-likeness (QED) is 0.396. The van der Waals surface area contributed by atoms with Crippen LogP contribution in [-0.4, -0.2) is 62.1 Å². The number of carbonyl (C=O) groups excluding carboxylic acids is 2. The monoisotopic (exact) mass is 552 g/mol. The number of pyridine rings is 1. The second-order valence-electron chi connectivity index (χ2n) is 10.2. The van der Waals surface area contributed by atoms with E-state index in [4.69, 9.17) is 10.8 Å². The van der Waals surface area contributed by atoms with Gasteiger partial charge in [-0.3, -0.25) is 14.6 Å². The zero-order valence-corrected chi connectivity index (χ0v) is 21.0. The van der Waals surface area contributed by atoms with Crippen molar-refractivity contribution < 1.29 is 32.5 Å². The summed E-state index contributed by atoms with van der Waals surface area (Å²) < 4.78 is 38.8. The number of amidine groups is 1. The van der Waals surface area contributed by atoms with Gasteiger partial charge in [0.15, 0.2) is 0 Å². The molecule has 4 aliphatic rings. The first-order valence-electron chi connectivity index (χ1n) is 12.7. The van der Waals surface area contributed by atoms with Crippen molar-refractivity contribution in [2.75, 3.05) is 11.9 Å². The number of anilines is 1. The zero-order valence-electron chi connectivity index (χ0n) is 21.0. The van der Waals surface area contributed by atoms with Gasteiger partial charge in [-0.15, -0.1) is 4.59 Å². The minimum Gasteiger partial charge on any atom is -0.383 e. The molecule has 4 aliphatic heterocycles.